The number of hydrogen-bond donors (Lipinski definition) is 1. The molecule has 0 aliphatic heterocycles. The third-order valence-corrected chi connectivity index (χ3v) is 4.60. The summed E-state index contributed by atoms with van der Waals surface area (Å²) in [5, 5.41) is 7.93. The van der Waals surface area contributed by atoms with E-state index in [1.165, 1.54) is 0 Å². The van der Waals surface area contributed by atoms with Crippen LogP contribution in [0.3, 0.4) is 0 Å². The van der Waals surface area contributed by atoms with E-state index in [1.807, 2.05) is 43.3 Å². The number of rotatable bonds is 7. The van der Waals surface area contributed by atoms with Crippen LogP contribution in [0.15, 0.2) is 55.0 Å². The Bertz CT molecular complexity index is 1150. The Kier molecular flexibility index (Phi) is 5.29. The molecule has 29 heavy (non-hydrogen) atoms. The average Bonchev–Trinajstić information content (AvgIpc) is 3.17. The highest BCUT2D eigenvalue weighted by Gasteiger charge is 2.16. The van der Waals surface area contributed by atoms with Crippen LogP contribution in [0.1, 0.15) is 42.2 Å². The molecule has 0 fully saturated rings. The molecule has 0 saturated heterocycles. The first kappa shape index (κ1) is 18.7. The minimum atomic E-state index is 0.113. The third kappa shape index (κ3) is 4.13. The van der Waals surface area contributed by atoms with Gasteiger partial charge in [0.25, 0.3) is 0 Å². The zero-order valence-electron chi connectivity index (χ0n) is 16.5. The maximum absolute atomic E-state index is 12.5. The van der Waals surface area contributed by atoms with Crippen molar-refractivity contribution >= 4 is 22.8 Å². The zero-order chi connectivity index (χ0) is 20.2. The molecule has 4 aromatic heterocycles. The lowest BCUT2D eigenvalue weighted by atomic mass is 10.1. The number of pyridine rings is 2. The van der Waals surface area contributed by atoms with Crippen LogP contribution in [0, 0.1) is 6.92 Å². The summed E-state index contributed by atoms with van der Waals surface area (Å²) in [6, 6.07) is 11.3. The van der Waals surface area contributed by atoms with Gasteiger partial charge >= 0.3 is 0 Å². The predicted molar refractivity (Wildman–Crippen MR) is 112 cm³/mol. The van der Waals surface area contributed by atoms with Gasteiger partial charge in [0.1, 0.15) is 11.2 Å². The van der Waals surface area contributed by atoms with Gasteiger partial charge in [-0.2, -0.15) is 0 Å². The van der Waals surface area contributed by atoms with E-state index < -0.39 is 0 Å². The van der Waals surface area contributed by atoms with Gasteiger partial charge in [-0.05, 0) is 43.7 Å². The molecule has 0 bridgehead atoms. The van der Waals surface area contributed by atoms with Crippen LogP contribution in [0.5, 0.6) is 0 Å². The second-order valence-electron chi connectivity index (χ2n) is 6.89. The number of fused-ring (bicyclic) bond motifs is 1. The number of anilines is 2. The molecule has 0 radical (unpaired) electrons. The summed E-state index contributed by atoms with van der Waals surface area (Å²) < 4.78 is 1.70. The standard InChI is InChI=1S/C22H22N6O/c1-3-4-8-20(29)16-13-19-22(25-17-9-11-23-12-10-17)26-21(27-28(19)14-16)18-7-5-6-15(2)24-18/h5-7,9-14H,3-4,8H2,1-2H3,(H,23,25,26,27). The number of carbonyl (C=O) groups excluding carboxylic acids is 1. The van der Waals surface area contributed by atoms with Gasteiger partial charge in [0, 0.05) is 42.0 Å². The van der Waals surface area contributed by atoms with E-state index in [-0.39, 0.29) is 5.78 Å². The Morgan fingerprint density at radius 2 is 1.97 bits per heavy atom. The number of aryl methyl sites for hydroxylation is 1. The van der Waals surface area contributed by atoms with Crippen molar-refractivity contribution in [2.45, 2.75) is 33.1 Å². The Balaban J connectivity index is 1.82. The fraction of sp³-hybridized carbons (Fsp3) is 0.227. The highest BCUT2D eigenvalue weighted by molar-refractivity contribution is 5.98. The van der Waals surface area contributed by atoms with E-state index in [2.05, 4.69) is 27.3 Å². The van der Waals surface area contributed by atoms with Crippen LogP contribution in [-0.4, -0.2) is 30.3 Å². The first-order chi connectivity index (χ1) is 14.1. The van der Waals surface area contributed by atoms with Crippen LogP contribution in [0.2, 0.25) is 0 Å². The number of nitrogens with zero attached hydrogens (tertiary/aromatic N) is 5. The van der Waals surface area contributed by atoms with Crippen molar-refractivity contribution in [1.29, 1.82) is 0 Å². The van der Waals surface area contributed by atoms with Crippen molar-refractivity contribution in [3.05, 3.63) is 66.2 Å². The fourth-order valence-corrected chi connectivity index (χ4v) is 3.07. The predicted octanol–water partition coefficient (Wildman–Crippen LogP) is 4.61. The van der Waals surface area contributed by atoms with E-state index in [9.17, 15) is 4.79 Å². The molecule has 0 aliphatic carbocycles. The lowest BCUT2D eigenvalue weighted by Gasteiger charge is -2.09. The third-order valence-electron chi connectivity index (χ3n) is 4.60. The summed E-state index contributed by atoms with van der Waals surface area (Å²) >= 11 is 0. The second-order valence-corrected chi connectivity index (χ2v) is 6.89. The minimum absolute atomic E-state index is 0.113. The van der Waals surface area contributed by atoms with Crippen LogP contribution < -0.4 is 5.32 Å². The quantitative estimate of drug-likeness (QED) is 0.467. The van der Waals surface area contributed by atoms with Gasteiger partial charge in [-0.15, -0.1) is 5.10 Å². The van der Waals surface area contributed by atoms with Crippen LogP contribution in [0.4, 0.5) is 11.5 Å². The number of aromatic nitrogens is 5. The molecule has 4 aromatic rings. The van der Waals surface area contributed by atoms with E-state index in [4.69, 9.17) is 4.98 Å². The van der Waals surface area contributed by atoms with E-state index >= 15 is 0 Å². The van der Waals surface area contributed by atoms with Crippen LogP contribution >= 0.6 is 0 Å². The average molecular weight is 386 g/mol. The molecule has 0 spiro atoms. The topological polar surface area (TPSA) is 85.1 Å². The molecular formula is C22H22N6O. The van der Waals surface area contributed by atoms with Crippen molar-refractivity contribution in [3.8, 4) is 11.5 Å². The Labute approximate surface area is 168 Å². The molecule has 0 aromatic carbocycles. The molecule has 0 atom stereocenters. The number of unbranched alkanes of at least 4 members (excludes halogenated alkanes) is 1. The first-order valence-electron chi connectivity index (χ1n) is 9.69. The summed E-state index contributed by atoms with van der Waals surface area (Å²) in [7, 11) is 0. The van der Waals surface area contributed by atoms with Crippen LogP contribution in [-0.2, 0) is 0 Å². The molecule has 7 heteroatoms. The van der Waals surface area contributed by atoms with Crippen molar-refractivity contribution in [2.24, 2.45) is 0 Å². The van der Waals surface area contributed by atoms with E-state index in [1.54, 1.807) is 23.1 Å². The number of Topliss-reactive ketones (excluding diaryl/α,β-unsaturated/α-hetero) is 1. The summed E-state index contributed by atoms with van der Waals surface area (Å²) in [6.45, 7) is 4.01. The van der Waals surface area contributed by atoms with E-state index in [0.29, 0.717) is 29.3 Å². The monoisotopic (exact) mass is 386 g/mol. The van der Waals surface area contributed by atoms with Crippen molar-refractivity contribution in [1.82, 2.24) is 24.6 Å². The highest BCUT2D eigenvalue weighted by atomic mass is 16.1. The summed E-state index contributed by atoms with van der Waals surface area (Å²) in [6.07, 6.45) is 7.57. The summed E-state index contributed by atoms with van der Waals surface area (Å²) in [4.78, 5) is 25.8. The Hall–Kier alpha value is -3.61. The van der Waals surface area contributed by atoms with Gasteiger partial charge in [0.05, 0.1) is 0 Å². The van der Waals surface area contributed by atoms with Gasteiger partial charge in [-0.1, -0.05) is 19.4 Å². The molecule has 0 saturated carbocycles. The van der Waals surface area contributed by atoms with Crippen molar-refractivity contribution in [3.63, 3.8) is 0 Å². The molecule has 0 aliphatic rings. The van der Waals surface area contributed by atoms with Gasteiger partial charge in [0.2, 0.25) is 5.82 Å². The molecule has 4 heterocycles. The van der Waals surface area contributed by atoms with Gasteiger partial charge in [0.15, 0.2) is 11.6 Å². The van der Waals surface area contributed by atoms with Crippen molar-refractivity contribution in [2.75, 3.05) is 5.32 Å². The maximum Gasteiger partial charge on any atom is 0.200 e. The number of carbonyl (C=O) groups is 1. The smallest absolute Gasteiger partial charge is 0.200 e. The second kappa shape index (κ2) is 8.18. The molecule has 0 unspecified atom stereocenters. The molecule has 146 valence electrons. The summed E-state index contributed by atoms with van der Waals surface area (Å²) in [5.41, 5.74) is 3.79. The maximum atomic E-state index is 12.5. The van der Waals surface area contributed by atoms with E-state index in [0.717, 1.165) is 29.7 Å². The SMILES string of the molecule is CCCCC(=O)c1cc2c(Nc3ccncc3)nc(-c3cccc(C)n3)nn2c1. The number of ketones is 1. The molecule has 4 rings (SSSR count). The first-order valence-corrected chi connectivity index (χ1v) is 9.69. The Morgan fingerprint density at radius 3 is 2.72 bits per heavy atom. The lowest BCUT2D eigenvalue weighted by Crippen LogP contribution is -2.04. The van der Waals surface area contributed by atoms with Gasteiger partial charge in [-0.25, -0.2) is 14.5 Å². The van der Waals surface area contributed by atoms with Crippen LogP contribution in [0.25, 0.3) is 17.0 Å². The molecular weight excluding hydrogens is 364 g/mol. The molecule has 7 nitrogen and oxygen atoms in total. The molecule has 1 N–H and O–H groups in total. The lowest BCUT2D eigenvalue weighted by molar-refractivity contribution is 0.0980. The zero-order valence-corrected chi connectivity index (χ0v) is 16.5. The minimum Gasteiger partial charge on any atom is -0.338 e. The Morgan fingerprint density at radius 1 is 1.14 bits per heavy atom. The number of hydrogen-bond acceptors (Lipinski definition) is 6. The number of nitrogens with one attached hydrogen (secondary N) is 1. The fourth-order valence-electron chi connectivity index (χ4n) is 3.07. The van der Waals surface area contributed by atoms with Gasteiger partial charge < -0.3 is 5.32 Å². The summed E-state index contributed by atoms with van der Waals surface area (Å²) in [5.74, 6) is 1.21. The van der Waals surface area contributed by atoms with Crippen molar-refractivity contribution < 1.29 is 4.79 Å². The molecule has 0 amide bonds. The van der Waals surface area contributed by atoms with Gasteiger partial charge in [-0.3, -0.25) is 9.78 Å². The highest BCUT2D eigenvalue weighted by Crippen LogP contribution is 2.25. The normalized spacial score (nSPS) is 11.0. The largest absolute Gasteiger partial charge is 0.338 e.